The number of allylic oxidation sites excluding steroid dienone is 4. The summed E-state index contributed by atoms with van der Waals surface area (Å²) in [5.41, 5.74) is 10.9. The van der Waals surface area contributed by atoms with Crippen LogP contribution in [0.15, 0.2) is 59.2 Å². The molecule has 32 heavy (non-hydrogen) atoms. The maximum atomic E-state index is 13.3. The van der Waals surface area contributed by atoms with E-state index in [0.29, 0.717) is 12.5 Å². The molecule has 2 aromatic rings. The van der Waals surface area contributed by atoms with E-state index in [-0.39, 0.29) is 43.9 Å². The molecule has 0 aliphatic heterocycles. The Balaban J connectivity index is 0.00000363. The van der Waals surface area contributed by atoms with Crippen LogP contribution in [0.4, 0.5) is 0 Å². The first-order valence-electron chi connectivity index (χ1n) is 11.5. The van der Waals surface area contributed by atoms with Gasteiger partial charge in [-0.15, -0.1) is 6.54 Å². The molecular formula is C29H36NOZr-. The second-order valence-electron chi connectivity index (χ2n) is 9.47. The van der Waals surface area contributed by atoms with E-state index >= 15 is 0 Å². The fourth-order valence-electron chi connectivity index (χ4n) is 4.75. The summed E-state index contributed by atoms with van der Waals surface area (Å²) in [6, 6.07) is 14.6. The molecule has 2 nitrogen and oxygen atoms in total. The van der Waals surface area contributed by atoms with Crippen molar-refractivity contribution in [1.82, 2.24) is 0 Å². The van der Waals surface area contributed by atoms with Crippen LogP contribution in [0.25, 0.3) is 10.9 Å². The van der Waals surface area contributed by atoms with E-state index in [0.717, 1.165) is 22.3 Å². The second-order valence-corrected chi connectivity index (χ2v) is 9.47. The Bertz CT molecular complexity index is 1030. The van der Waals surface area contributed by atoms with Crippen LogP contribution in [0.5, 0.6) is 0 Å². The Morgan fingerprint density at radius 2 is 1.44 bits per heavy atom. The van der Waals surface area contributed by atoms with Crippen molar-refractivity contribution in [2.24, 2.45) is 5.92 Å². The Morgan fingerprint density at radius 3 is 1.94 bits per heavy atom. The maximum absolute atomic E-state index is 13.3. The maximum Gasteiger partial charge on any atom is 0.0828 e. The zero-order valence-corrected chi connectivity index (χ0v) is 23.3. The van der Waals surface area contributed by atoms with E-state index in [9.17, 15) is 4.79 Å². The van der Waals surface area contributed by atoms with E-state index < -0.39 is 0 Å². The van der Waals surface area contributed by atoms with Crippen LogP contribution < -0.4 is 0 Å². The molecule has 0 fully saturated rings. The SMILES string of the molecule is CC1=C(C)C(C)C(c2ccccc2C[N-]C(=O)c2c(C(C)C)cccc2C(C)C)=C1C.[Zr]. The summed E-state index contributed by atoms with van der Waals surface area (Å²) >= 11 is 0. The zero-order chi connectivity index (χ0) is 22.9. The monoisotopic (exact) mass is 504 g/mol. The van der Waals surface area contributed by atoms with Crippen LogP contribution in [0.1, 0.15) is 99.8 Å². The largest absolute Gasteiger partial charge is 0.645 e. The quantitative estimate of drug-likeness (QED) is 0.388. The Labute approximate surface area is 213 Å². The standard InChI is InChI=1S/C29H37NO.Zr/c1-17(2)24-14-11-15-25(18(3)4)28(24)29(31)30-16-23-12-9-10-13-26(23)27-21(7)19(5)20(6)22(27)8;/h9-15,17-18,21H,16H2,1-8H3,(H,30,31);/p-1. The normalized spacial score (nSPS) is 16.1. The van der Waals surface area contributed by atoms with Crippen molar-refractivity contribution in [3.63, 3.8) is 0 Å². The average Bonchev–Trinajstić information content (AvgIpc) is 2.94. The van der Waals surface area contributed by atoms with Gasteiger partial charge in [0.2, 0.25) is 0 Å². The first-order valence-corrected chi connectivity index (χ1v) is 11.5. The molecule has 0 N–H and O–H groups in total. The number of benzene rings is 2. The molecule has 3 rings (SSSR count). The summed E-state index contributed by atoms with van der Waals surface area (Å²) in [5, 5.41) is 4.60. The second kappa shape index (κ2) is 10.9. The third-order valence-corrected chi connectivity index (χ3v) is 6.93. The van der Waals surface area contributed by atoms with Gasteiger partial charge < -0.3 is 10.1 Å². The van der Waals surface area contributed by atoms with E-state index in [1.807, 2.05) is 6.07 Å². The number of carbonyl (C=O) groups is 1. The molecule has 1 amide bonds. The van der Waals surface area contributed by atoms with Gasteiger partial charge in [-0.25, -0.2) is 0 Å². The summed E-state index contributed by atoms with van der Waals surface area (Å²) in [6.07, 6.45) is 0. The molecule has 0 saturated heterocycles. The molecule has 1 aliphatic rings. The smallest absolute Gasteiger partial charge is 0.0828 e. The van der Waals surface area contributed by atoms with Crippen molar-refractivity contribution in [2.75, 3.05) is 0 Å². The van der Waals surface area contributed by atoms with Gasteiger partial charge in [0.05, 0.1) is 5.91 Å². The summed E-state index contributed by atoms with van der Waals surface area (Å²) < 4.78 is 0. The van der Waals surface area contributed by atoms with Gasteiger partial charge in [-0.2, -0.15) is 0 Å². The van der Waals surface area contributed by atoms with Crippen LogP contribution in [-0.4, -0.2) is 5.91 Å². The van der Waals surface area contributed by atoms with Gasteiger partial charge in [-0.05, 0) is 66.0 Å². The minimum atomic E-state index is -0.0986. The topological polar surface area (TPSA) is 31.2 Å². The van der Waals surface area contributed by atoms with Crippen molar-refractivity contribution < 1.29 is 31.0 Å². The van der Waals surface area contributed by atoms with E-state index in [4.69, 9.17) is 0 Å². The number of hydrogen-bond acceptors (Lipinski definition) is 1. The van der Waals surface area contributed by atoms with Crippen LogP contribution in [0.3, 0.4) is 0 Å². The molecule has 1 atom stereocenters. The zero-order valence-electron chi connectivity index (χ0n) is 20.8. The molecule has 0 saturated carbocycles. The minimum Gasteiger partial charge on any atom is -0.645 e. The number of rotatable bonds is 6. The number of amides is 1. The summed E-state index contributed by atoms with van der Waals surface area (Å²) in [5.74, 6) is 0.859. The summed E-state index contributed by atoms with van der Waals surface area (Å²) in [7, 11) is 0. The molecule has 0 bridgehead atoms. The number of carbonyl (C=O) groups excluding carboxylic acids is 1. The fraction of sp³-hybridized carbons (Fsp3) is 0.414. The molecule has 3 heteroatoms. The van der Waals surface area contributed by atoms with E-state index in [1.165, 1.54) is 27.9 Å². The third kappa shape index (κ3) is 5.09. The predicted octanol–water partition coefficient (Wildman–Crippen LogP) is 8.40. The molecule has 0 aromatic heterocycles. The van der Waals surface area contributed by atoms with Gasteiger partial charge in [0, 0.05) is 37.7 Å². The van der Waals surface area contributed by atoms with E-state index in [1.54, 1.807) is 0 Å². The Morgan fingerprint density at radius 1 is 0.875 bits per heavy atom. The molecule has 0 spiro atoms. The van der Waals surface area contributed by atoms with Crippen LogP contribution in [-0.2, 0) is 32.7 Å². The first kappa shape index (κ1) is 26.5. The van der Waals surface area contributed by atoms with Crippen molar-refractivity contribution >= 4 is 11.5 Å². The van der Waals surface area contributed by atoms with Crippen molar-refractivity contribution in [3.8, 4) is 0 Å². The third-order valence-electron chi connectivity index (χ3n) is 6.93. The summed E-state index contributed by atoms with van der Waals surface area (Å²) in [6.45, 7) is 17.9. The molecular weight excluding hydrogens is 470 g/mol. The predicted molar refractivity (Wildman–Crippen MR) is 133 cm³/mol. The van der Waals surface area contributed by atoms with Crippen LogP contribution >= 0.6 is 0 Å². The summed E-state index contributed by atoms with van der Waals surface area (Å²) in [4.78, 5) is 13.3. The first-order chi connectivity index (χ1) is 14.6. The average molecular weight is 506 g/mol. The van der Waals surface area contributed by atoms with Gasteiger partial charge in [0.15, 0.2) is 0 Å². The Kier molecular flexibility index (Phi) is 9.06. The van der Waals surface area contributed by atoms with Crippen molar-refractivity contribution in [2.45, 2.75) is 73.8 Å². The van der Waals surface area contributed by atoms with Gasteiger partial charge in [0.1, 0.15) is 0 Å². The molecule has 1 aliphatic carbocycles. The van der Waals surface area contributed by atoms with E-state index in [2.05, 4.69) is 97.1 Å². The minimum absolute atomic E-state index is 0. The van der Waals surface area contributed by atoms with Crippen molar-refractivity contribution in [1.29, 1.82) is 0 Å². The van der Waals surface area contributed by atoms with Gasteiger partial charge >= 0.3 is 0 Å². The van der Waals surface area contributed by atoms with Crippen LogP contribution in [0.2, 0.25) is 0 Å². The van der Waals surface area contributed by atoms with Crippen LogP contribution in [0, 0.1) is 5.92 Å². The molecule has 1 unspecified atom stereocenters. The van der Waals surface area contributed by atoms with Crippen molar-refractivity contribution in [3.05, 3.63) is 92.3 Å². The van der Waals surface area contributed by atoms with Gasteiger partial charge in [-0.1, -0.05) is 88.2 Å². The molecule has 168 valence electrons. The van der Waals surface area contributed by atoms with Gasteiger partial charge in [-0.3, -0.25) is 0 Å². The molecule has 0 heterocycles. The number of nitrogens with zero attached hydrogens (tertiary/aromatic N) is 1. The Hall–Kier alpha value is -1.73. The van der Waals surface area contributed by atoms with Gasteiger partial charge in [0.25, 0.3) is 0 Å². The molecule has 0 radical (unpaired) electrons. The fourth-order valence-corrected chi connectivity index (χ4v) is 4.75. The molecule has 2 aromatic carbocycles. The number of hydrogen-bond donors (Lipinski definition) is 0.